The van der Waals surface area contributed by atoms with Crippen LogP contribution in [0.25, 0.3) is 33.9 Å². The highest BCUT2D eigenvalue weighted by molar-refractivity contribution is 6.05. The molecule has 0 saturated carbocycles. The Balaban J connectivity index is 0.00000400. The van der Waals surface area contributed by atoms with Crippen molar-refractivity contribution in [3.8, 4) is 11.1 Å². The Morgan fingerprint density at radius 2 is 1.74 bits per heavy atom. The molecule has 2 heterocycles. The number of rotatable bonds is 7. The molecular weight excluding hydrogens is 468 g/mol. The summed E-state index contributed by atoms with van der Waals surface area (Å²) >= 11 is 0. The minimum Gasteiger partial charge on any atom is -0.506 e. The Morgan fingerprint density at radius 1 is 1.05 bits per heavy atom. The normalized spacial score (nSPS) is 11.2. The molecule has 0 amide bonds. The lowest BCUT2D eigenvalue weighted by Crippen LogP contribution is -2.10. The summed E-state index contributed by atoms with van der Waals surface area (Å²) in [4.78, 5) is 15.8. The van der Waals surface area contributed by atoms with Crippen molar-refractivity contribution in [3.63, 3.8) is 0 Å². The predicted octanol–water partition coefficient (Wildman–Crippen LogP) is 8.60. The molecule has 0 aliphatic carbocycles. The van der Waals surface area contributed by atoms with Crippen LogP contribution in [0.3, 0.4) is 0 Å². The largest absolute Gasteiger partial charge is 0.506 e. The van der Waals surface area contributed by atoms with Crippen molar-refractivity contribution in [1.29, 1.82) is 0 Å². The van der Waals surface area contributed by atoms with Gasteiger partial charge in [0.1, 0.15) is 5.76 Å². The van der Waals surface area contributed by atoms with Crippen LogP contribution in [0, 0.1) is 27.7 Å². The van der Waals surface area contributed by atoms with Crippen molar-refractivity contribution in [2.45, 2.75) is 61.9 Å². The first-order valence-electron chi connectivity index (χ1n) is 12.6. The van der Waals surface area contributed by atoms with E-state index in [4.69, 9.17) is 0 Å². The minimum absolute atomic E-state index is 0. The van der Waals surface area contributed by atoms with E-state index in [2.05, 4.69) is 74.7 Å². The molecule has 198 valence electrons. The number of nitrogens with one attached hydrogen (secondary N) is 1. The highest BCUT2D eigenvalue weighted by atomic mass is 16.3. The topological polar surface area (TPSA) is 58.0 Å². The highest BCUT2D eigenvalue weighted by Gasteiger charge is 2.25. The van der Waals surface area contributed by atoms with Crippen molar-refractivity contribution < 1.29 is 5.11 Å². The number of nitrogens with zero attached hydrogens (tertiary/aromatic N) is 1. The molecule has 2 aromatic heterocycles. The van der Waals surface area contributed by atoms with Crippen molar-refractivity contribution in [2.75, 3.05) is 0 Å². The van der Waals surface area contributed by atoms with Crippen molar-refractivity contribution in [1.82, 2.24) is 9.55 Å². The molecule has 4 rings (SSSR count). The molecule has 0 fully saturated rings. The lowest BCUT2D eigenvalue weighted by Gasteiger charge is -2.17. The average molecular weight is 509 g/mol. The summed E-state index contributed by atoms with van der Waals surface area (Å²) in [6.45, 7) is 21.1. The smallest absolute Gasteiger partial charge is 0.255 e. The number of hydrogen-bond donors (Lipinski definition) is 2. The predicted molar refractivity (Wildman–Crippen MR) is 164 cm³/mol. The van der Waals surface area contributed by atoms with Gasteiger partial charge < -0.3 is 14.7 Å². The molecule has 0 aliphatic heterocycles. The first-order valence-corrected chi connectivity index (χ1v) is 12.6. The van der Waals surface area contributed by atoms with Gasteiger partial charge in [0.2, 0.25) is 0 Å². The maximum atomic E-state index is 13.0. The fraction of sp³-hybridized carbons (Fsp3) is 0.265. The molecule has 0 atom stereocenters. The second-order valence-electron chi connectivity index (χ2n) is 10.1. The summed E-state index contributed by atoms with van der Waals surface area (Å²) < 4.78 is 2.11. The zero-order chi connectivity index (χ0) is 27.0. The number of H-pyrrole nitrogens is 1. The Labute approximate surface area is 226 Å². The summed E-state index contributed by atoms with van der Waals surface area (Å²) in [5.41, 5.74) is 11.8. The molecule has 0 radical (unpaired) electrons. The molecule has 4 nitrogen and oxygen atoms in total. The van der Waals surface area contributed by atoms with Gasteiger partial charge in [-0.25, -0.2) is 0 Å². The molecule has 38 heavy (non-hydrogen) atoms. The van der Waals surface area contributed by atoms with E-state index in [1.807, 2.05) is 26.0 Å². The van der Waals surface area contributed by atoms with E-state index in [-0.39, 0.29) is 18.7 Å². The summed E-state index contributed by atoms with van der Waals surface area (Å²) in [6.07, 6.45) is 6.57. The molecule has 2 N–H and O–H groups in total. The van der Waals surface area contributed by atoms with Gasteiger partial charge in [-0.15, -0.1) is 0 Å². The number of aromatic nitrogens is 2. The number of hydrogen-bond acceptors (Lipinski definition) is 2. The van der Waals surface area contributed by atoms with Crippen molar-refractivity contribution in [3.05, 3.63) is 116 Å². The Bertz CT molecular complexity index is 1640. The maximum absolute atomic E-state index is 13.0. The second-order valence-corrected chi connectivity index (χ2v) is 10.1. The van der Waals surface area contributed by atoms with Crippen LogP contribution in [-0.2, 0) is 13.0 Å². The van der Waals surface area contributed by atoms with Crippen molar-refractivity contribution in [2.24, 2.45) is 0 Å². The number of aryl methyl sites for hydroxylation is 4. The van der Waals surface area contributed by atoms with Gasteiger partial charge in [0.25, 0.3) is 5.56 Å². The summed E-state index contributed by atoms with van der Waals surface area (Å²) in [6, 6.07) is 10.2. The summed E-state index contributed by atoms with van der Waals surface area (Å²) in [7, 11) is 0. The third kappa shape index (κ3) is 5.04. The Morgan fingerprint density at radius 3 is 2.34 bits per heavy atom. The van der Waals surface area contributed by atoms with Crippen LogP contribution in [0.1, 0.15) is 65.9 Å². The van der Waals surface area contributed by atoms with Crippen LogP contribution < -0.4 is 5.56 Å². The summed E-state index contributed by atoms with van der Waals surface area (Å²) in [5, 5.41) is 11.9. The van der Waals surface area contributed by atoms with Gasteiger partial charge in [-0.2, -0.15) is 0 Å². The number of aromatic amines is 1. The van der Waals surface area contributed by atoms with Crippen molar-refractivity contribution >= 4 is 22.7 Å². The van der Waals surface area contributed by atoms with Crippen LogP contribution in [-0.4, -0.2) is 14.7 Å². The van der Waals surface area contributed by atoms with E-state index < -0.39 is 0 Å². The quantitative estimate of drug-likeness (QED) is 0.194. The van der Waals surface area contributed by atoms with Gasteiger partial charge in [0, 0.05) is 29.3 Å². The molecule has 0 unspecified atom stereocenters. The van der Waals surface area contributed by atoms with Crippen LogP contribution in [0.2, 0.25) is 0 Å². The van der Waals surface area contributed by atoms with E-state index >= 15 is 0 Å². The monoisotopic (exact) mass is 508 g/mol. The fourth-order valence-electron chi connectivity index (χ4n) is 5.45. The van der Waals surface area contributed by atoms with Crippen LogP contribution in [0.15, 0.2) is 66.1 Å². The third-order valence-corrected chi connectivity index (χ3v) is 7.17. The minimum atomic E-state index is -0.202. The second kappa shape index (κ2) is 11.1. The number of benzene rings is 2. The molecule has 4 aromatic rings. The van der Waals surface area contributed by atoms with Gasteiger partial charge in [0.15, 0.2) is 0 Å². The zero-order valence-electron chi connectivity index (χ0n) is 22.7. The molecule has 2 aromatic carbocycles. The van der Waals surface area contributed by atoms with E-state index in [1.165, 1.54) is 16.7 Å². The molecule has 0 bridgehead atoms. The maximum Gasteiger partial charge on any atom is 0.255 e. The van der Waals surface area contributed by atoms with E-state index in [0.29, 0.717) is 23.4 Å². The van der Waals surface area contributed by atoms with Gasteiger partial charge in [0.05, 0.1) is 11.2 Å². The molecule has 0 saturated heterocycles. The number of aliphatic hydroxyl groups excluding tert-OH is 1. The number of fused-ring (bicyclic) bond motifs is 1. The molecule has 0 aliphatic rings. The number of aliphatic hydroxyl groups is 1. The Kier molecular flexibility index (Phi) is 8.36. The van der Waals surface area contributed by atoms with E-state index in [0.717, 1.165) is 45.2 Å². The number of pyridine rings is 1. The molecule has 0 spiro atoms. The average Bonchev–Trinajstić information content (AvgIpc) is 3.13. The highest BCUT2D eigenvalue weighted by Crippen LogP contribution is 2.41. The van der Waals surface area contributed by atoms with Crippen LogP contribution >= 0.6 is 0 Å². The molecular formula is C34H40N2O2. The van der Waals surface area contributed by atoms with Crippen LogP contribution in [0.4, 0.5) is 0 Å². The van der Waals surface area contributed by atoms with Gasteiger partial charge >= 0.3 is 0 Å². The Hall–Kier alpha value is -4.05. The lowest BCUT2D eigenvalue weighted by atomic mass is 9.93. The molecule has 4 heteroatoms. The number of allylic oxidation sites excluding steroid dienone is 2. The van der Waals surface area contributed by atoms with Gasteiger partial charge in [-0.05, 0) is 105 Å². The fourth-order valence-corrected chi connectivity index (χ4v) is 5.45. The van der Waals surface area contributed by atoms with E-state index in [9.17, 15) is 9.90 Å². The first-order chi connectivity index (χ1) is 17.5. The van der Waals surface area contributed by atoms with Gasteiger partial charge in [-0.1, -0.05) is 50.4 Å². The SMILES string of the molecule is C.C=C(C)Cc1cc(Cn2c(C(=C)O)c(-c3ccc[nH]c3=O)c3c(C)c(/C=C\C)c(C)cc32)c(C)cc1C. The lowest BCUT2D eigenvalue weighted by molar-refractivity contribution is 0.506. The standard InChI is InChI=1S/C33H36N2O2.CH4/c1-9-11-27-22(6)16-29-30(23(27)7)31(28-12-10-13-34-33(28)37)32(24(8)36)35(29)18-26-17-25(14-19(2)3)20(4)15-21(26)5;/h9-13,15-17,36H,2,8,14,18H2,1,3-7H3,(H,34,37);1H4/b11-9-;. The summed E-state index contributed by atoms with van der Waals surface area (Å²) in [5.74, 6) is -0.0639. The third-order valence-electron chi connectivity index (χ3n) is 7.17. The van der Waals surface area contributed by atoms with Crippen LogP contribution in [0.5, 0.6) is 0 Å². The zero-order valence-corrected chi connectivity index (χ0v) is 22.7. The van der Waals surface area contributed by atoms with Gasteiger partial charge in [-0.3, -0.25) is 4.79 Å². The van der Waals surface area contributed by atoms with E-state index in [1.54, 1.807) is 12.3 Å². The first kappa shape index (κ1) is 28.5.